The monoisotopic (exact) mass is 339 g/mol. The van der Waals surface area contributed by atoms with Crippen LogP contribution in [0.15, 0.2) is 53.1 Å². The molecular formula is C16H13N5O4. The van der Waals surface area contributed by atoms with Crippen LogP contribution in [0.3, 0.4) is 0 Å². The van der Waals surface area contributed by atoms with Gasteiger partial charge < -0.3 is 15.6 Å². The lowest BCUT2D eigenvalue weighted by Gasteiger charge is -2.03. The van der Waals surface area contributed by atoms with Crippen LogP contribution in [0, 0.1) is 10.1 Å². The number of hydrogen-bond donors (Lipinski definition) is 2. The fourth-order valence-electron chi connectivity index (χ4n) is 2.13. The van der Waals surface area contributed by atoms with Crippen molar-refractivity contribution in [3.8, 4) is 11.4 Å². The molecule has 0 radical (unpaired) electrons. The number of hydrogen-bond acceptors (Lipinski definition) is 7. The maximum absolute atomic E-state index is 11.0. The molecule has 0 aliphatic rings. The fourth-order valence-corrected chi connectivity index (χ4v) is 2.13. The van der Waals surface area contributed by atoms with Gasteiger partial charge in [0.05, 0.1) is 11.5 Å². The summed E-state index contributed by atoms with van der Waals surface area (Å²) in [7, 11) is 0. The normalized spacial score (nSPS) is 10.4. The van der Waals surface area contributed by atoms with E-state index in [9.17, 15) is 14.9 Å². The summed E-state index contributed by atoms with van der Waals surface area (Å²) in [5.74, 6) is 0.0927. The summed E-state index contributed by atoms with van der Waals surface area (Å²) in [4.78, 5) is 25.6. The number of amides is 1. The van der Waals surface area contributed by atoms with E-state index >= 15 is 0 Å². The third-order valence-electron chi connectivity index (χ3n) is 3.40. The van der Waals surface area contributed by atoms with Crippen molar-refractivity contribution in [3.05, 3.63) is 70.1 Å². The minimum Gasteiger partial charge on any atom is -0.376 e. The molecule has 0 saturated heterocycles. The summed E-state index contributed by atoms with van der Waals surface area (Å²) in [5, 5.41) is 17.7. The summed E-state index contributed by atoms with van der Waals surface area (Å²) < 4.78 is 5.14. The Morgan fingerprint density at radius 2 is 2.00 bits per heavy atom. The number of rotatable bonds is 6. The second-order valence-corrected chi connectivity index (χ2v) is 5.11. The number of carbonyl (C=O) groups excluding carboxylic acids is 1. The first-order chi connectivity index (χ1) is 12.0. The van der Waals surface area contributed by atoms with E-state index in [1.807, 2.05) is 0 Å². The van der Waals surface area contributed by atoms with E-state index in [1.165, 1.54) is 12.1 Å². The van der Waals surface area contributed by atoms with Gasteiger partial charge in [-0.05, 0) is 24.3 Å². The molecule has 0 saturated carbocycles. The van der Waals surface area contributed by atoms with E-state index in [2.05, 4.69) is 15.5 Å². The third kappa shape index (κ3) is 3.78. The number of primary amides is 1. The van der Waals surface area contributed by atoms with Gasteiger partial charge in [0.15, 0.2) is 0 Å². The summed E-state index contributed by atoms with van der Waals surface area (Å²) in [6.45, 7) is 0.262. The Labute approximate surface area is 141 Å². The topological polar surface area (TPSA) is 137 Å². The van der Waals surface area contributed by atoms with Gasteiger partial charge in [0.2, 0.25) is 17.6 Å². The molecule has 9 nitrogen and oxygen atoms in total. The maximum Gasteiger partial charge on any atom is 0.270 e. The van der Waals surface area contributed by atoms with Crippen LogP contribution in [-0.4, -0.2) is 21.0 Å². The van der Waals surface area contributed by atoms with Crippen LogP contribution in [-0.2, 0) is 6.54 Å². The van der Waals surface area contributed by atoms with E-state index in [0.29, 0.717) is 17.0 Å². The lowest BCUT2D eigenvalue weighted by molar-refractivity contribution is -0.384. The molecular weight excluding hydrogens is 326 g/mol. The molecule has 0 atom stereocenters. The van der Waals surface area contributed by atoms with Crippen molar-refractivity contribution in [1.82, 2.24) is 10.1 Å². The van der Waals surface area contributed by atoms with Gasteiger partial charge in [-0.15, -0.1) is 0 Å². The largest absolute Gasteiger partial charge is 0.376 e. The van der Waals surface area contributed by atoms with Gasteiger partial charge in [0.25, 0.3) is 5.69 Å². The lowest BCUT2D eigenvalue weighted by Crippen LogP contribution is -2.10. The highest BCUT2D eigenvalue weighted by Gasteiger charge is 2.12. The number of non-ortho nitro benzene ring substituents is 1. The molecule has 0 unspecified atom stereocenters. The minimum atomic E-state index is -0.495. The zero-order chi connectivity index (χ0) is 17.8. The predicted molar refractivity (Wildman–Crippen MR) is 88.7 cm³/mol. The van der Waals surface area contributed by atoms with Crippen LogP contribution in [0.2, 0.25) is 0 Å². The quantitative estimate of drug-likeness (QED) is 0.519. The molecule has 126 valence electrons. The van der Waals surface area contributed by atoms with Crippen molar-refractivity contribution >= 4 is 17.3 Å². The number of carbonyl (C=O) groups is 1. The van der Waals surface area contributed by atoms with Crippen LogP contribution in [0.25, 0.3) is 11.4 Å². The van der Waals surface area contributed by atoms with Crippen LogP contribution in [0.1, 0.15) is 16.2 Å². The third-order valence-corrected chi connectivity index (χ3v) is 3.40. The molecule has 1 amide bonds. The zero-order valence-corrected chi connectivity index (χ0v) is 12.9. The van der Waals surface area contributed by atoms with Crippen molar-refractivity contribution in [2.24, 2.45) is 5.73 Å². The Morgan fingerprint density at radius 1 is 1.24 bits per heavy atom. The van der Waals surface area contributed by atoms with Crippen molar-refractivity contribution in [3.63, 3.8) is 0 Å². The molecule has 1 heterocycles. The molecule has 3 N–H and O–H groups in total. The first kappa shape index (κ1) is 16.1. The molecule has 1 aromatic heterocycles. The SMILES string of the molecule is NC(=O)c1ccc(NCc2nc(-c3cccc([N+](=O)[O-])c3)no2)cc1. The van der Waals surface area contributed by atoms with Crippen molar-refractivity contribution in [2.45, 2.75) is 6.54 Å². The minimum absolute atomic E-state index is 0.0449. The second kappa shape index (κ2) is 6.79. The molecule has 2 aromatic carbocycles. The molecule has 25 heavy (non-hydrogen) atoms. The number of aromatic nitrogens is 2. The predicted octanol–water partition coefficient (Wildman–Crippen LogP) is 2.36. The zero-order valence-electron chi connectivity index (χ0n) is 12.9. The van der Waals surface area contributed by atoms with E-state index < -0.39 is 10.8 Å². The smallest absolute Gasteiger partial charge is 0.270 e. The molecule has 3 aromatic rings. The highest BCUT2D eigenvalue weighted by Crippen LogP contribution is 2.21. The average molecular weight is 339 g/mol. The molecule has 0 fully saturated rings. The van der Waals surface area contributed by atoms with Gasteiger partial charge in [-0.3, -0.25) is 14.9 Å². The summed E-state index contributed by atoms with van der Waals surface area (Å²) >= 11 is 0. The highest BCUT2D eigenvalue weighted by atomic mass is 16.6. The number of nitrogens with two attached hydrogens (primary N) is 1. The fraction of sp³-hybridized carbons (Fsp3) is 0.0625. The van der Waals surface area contributed by atoms with E-state index in [1.54, 1.807) is 36.4 Å². The van der Waals surface area contributed by atoms with Gasteiger partial charge in [0, 0.05) is 28.9 Å². The number of benzene rings is 2. The Balaban J connectivity index is 1.68. The second-order valence-electron chi connectivity index (χ2n) is 5.11. The Bertz CT molecular complexity index is 920. The van der Waals surface area contributed by atoms with Gasteiger partial charge in [-0.25, -0.2) is 0 Å². The molecule has 0 aliphatic heterocycles. The molecule has 3 rings (SSSR count). The number of nitrogens with one attached hydrogen (secondary N) is 1. The lowest BCUT2D eigenvalue weighted by atomic mass is 10.2. The Kier molecular flexibility index (Phi) is 4.38. The number of nitro benzene ring substituents is 1. The van der Waals surface area contributed by atoms with Gasteiger partial charge in [-0.1, -0.05) is 17.3 Å². The Morgan fingerprint density at radius 3 is 2.68 bits per heavy atom. The molecule has 0 bridgehead atoms. The molecule has 0 aliphatic carbocycles. The average Bonchev–Trinajstić information content (AvgIpc) is 3.09. The summed E-state index contributed by atoms with van der Waals surface area (Å²) in [6, 6.07) is 12.6. The number of nitro groups is 1. The summed E-state index contributed by atoms with van der Waals surface area (Å²) in [5.41, 5.74) is 6.80. The highest BCUT2D eigenvalue weighted by molar-refractivity contribution is 5.93. The van der Waals surface area contributed by atoms with Crippen molar-refractivity contribution in [1.29, 1.82) is 0 Å². The molecule has 0 spiro atoms. The van der Waals surface area contributed by atoms with Crippen LogP contribution in [0.5, 0.6) is 0 Å². The maximum atomic E-state index is 11.0. The Hall–Kier alpha value is -3.75. The van der Waals surface area contributed by atoms with Crippen molar-refractivity contribution < 1.29 is 14.2 Å². The van der Waals surface area contributed by atoms with Gasteiger partial charge in [-0.2, -0.15) is 4.98 Å². The first-order valence-corrected chi connectivity index (χ1v) is 7.24. The van der Waals surface area contributed by atoms with Crippen LogP contribution >= 0.6 is 0 Å². The van der Waals surface area contributed by atoms with E-state index in [-0.39, 0.29) is 18.1 Å². The van der Waals surface area contributed by atoms with E-state index in [0.717, 1.165) is 5.69 Å². The van der Waals surface area contributed by atoms with Crippen LogP contribution < -0.4 is 11.1 Å². The van der Waals surface area contributed by atoms with Crippen molar-refractivity contribution in [2.75, 3.05) is 5.32 Å². The summed E-state index contributed by atoms with van der Waals surface area (Å²) in [6.07, 6.45) is 0. The molecule has 9 heteroatoms. The number of anilines is 1. The van der Waals surface area contributed by atoms with Crippen LogP contribution in [0.4, 0.5) is 11.4 Å². The number of nitrogens with zero attached hydrogens (tertiary/aromatic N) is 3. The van der Waals surface area contributed by atoms with Gasteiger partial charge in [0.1, 0.15) is 0 Å². The standard InChI is InChI=1S/C16H13N5O4/c17-15(22)10-4-6-12(7-5-10)18-9-14-19-16(20-25-14)11-2-1-3-13(8-11)21(23)24/h1-8,18H,9H2,(H2,17,22). The first-order valence-electron chi connectivity index (χ1n) is 7.24. The van der Waals surface area contributed by atoms with E-state index in [4.69, 9.17) is 10.3 Å². The van der Waals surface area contributed by atoms with Gasteiger partial charge >= 0.3 is 0 Å².